The molecule has 1 saturated heterocycles. The number of fused-ring (bicyclic) bond motifs is 1. The molecule has 1 atom stereocenters. The number of nitrogens with one attached hydrogen (secondary N) is 1. The van der Waals surface area contributed by atoms with Gasteiger partial charge in [0.2, 0.25) is 5.88 Å². The van der Waals surface area contributed by atoms with Crippen LogP contribution in [-0.4, -0.2) is 58.7 Å². The molecule has 36 heavy (non-hydrogen) atoms. The zero-order valence-corrected chi connectivity index (χ0v) is 21.2. The molecule has 1 aromatic heterocycles. The molecule has 0 amide bonds. The summed E-state index contributed by atoms with van der Waals surface area (Å²) in [4.78, 5) is 15.4. The van der Waals surface area contributed by atoms with Crippen LogP contribution in [-0.2, 0) is 11.3 Å². The Hall–Kier alpha value is -3.68. The number of morpholine rings is 1. The largest absolute Gasteiger partial charge is 0.496 e. The molecule has 0 unspecified atom stereocenters. The van der Waals surface area contributed by atoms with E-state index in [1.807, 2.05) is 6.92 Å². The third-order valence-corrected chi connectivity index (χ3v) is 6.85. The average Bonchev–Trinajstić information content (AvgIpc) is 2.89. The molecule has 1 aromatic carbocycles. The number of hydrogen-bond donors (Lipinski definition) is 2. The maximum absolute atomic E-state index is 13.9. The molecule has 10 nitrogen and oxygen atoms in total. The summed E-state index contributed by atoms with van der Waals surface area (Å²) in [6, 6.07) is 7.34. The second-order valence-electron chi connectivity index (χ2n) is 8.86. The van der Waals surface area contributed by atoms with E-state index in [4.69, 9.17) is 29.4 Å². The van der Waals surface area contributed by atoms with Gasteiger partial charge in [0.1, 0.15) is 36.2 Å². The van der Waals surface area contributed by atoms with Crippen molar-refractivity contribution < 1.29 is 28.6 Å². The Bertz CT molecular complexity index is 1260. The number of aryl methyl sites for hydroxylation is 1. The normalized spacial score (nSPS) is 17.7. The fourth-order valence-electron chi connectivity index (χ4n) is 4.95. The molecule has 0 bridgehead atoms. The summed E-state index contributed by atoms with van der Waals surface area (Å²) >= 11 is 0. The minimum atomic E-state index is -0.794. The van der Waals surface area contributed by atoms with Gasteiger partial charge < -0.3 is 38.9 Å². The number of nitriles is 1. The molecule has 4 rings (SSSR count). The molecule has 0 aliphatic carbocycles. The molecule has 1 fully saturated rings. The van der Waals surface area contributed by atoms with Gasteiger partial charge in [-0.15, -0.1) is 0 Å². The van der Waals surface area contributed by atoms with E-state index >= 15 is 0 Å². The first-order valence-corrected chi connectivity index (χ1v) is 12.0. The molecule has 0 spiro atoms. The van der Waals surface area contributed by atoms with E-state index in [1.54, 1.807) is 22.8 Å². The topological polar surface area (TPSA) is 122 Å². The summed E-state index contributed by atoms with van der Waals surface area (Å²) in [6.45, 7) is 6.86. The standard InChI is InChI=1S/C26H32N4O6/c1-16-12-22-24(26(31)30(16)7-5-6-29-8-10-35-11-9-29)23(18(15-27)25(28)36-22)17-13-20(33-3)21(34-4)14-19(17)32-2/h12-14,23H,5-11,28H2,1-4H3/p+1/t23-/m1/s1. The highest BCUT2D eigenvalue weighted by atomic mass is 16.5. The third kappa shape index (κ3) is 4.72. The van der Waals surface area contributed by atoms with Gasteiger partial charge in [-0.25, -0.2) is 0 Å². The van der Waals surface area contributed by atoms with Gasteiger partial charge in [-0.3, -0.25) is 4.79 Å². The quantitative estimate of drug-likeness (QED) is 0.547. The van der Waals surface area contributed by atoms with E-state index < -0.39 is 5.92 Å². The lowest BCUT2D eigenvalue weighted by atomic mass is 9.83. The Morgan fingerprint density at radius 1 is 1.11 bits per heavy atom. The van der Waals surface area contributed by atoms with E-state index in [0.29, 0.717) is 40.7 Å². The molecule has 2 aliphatic heterocycles. The Kier molecular flexibility index (Phi) is 7.72. The van der Waals surface area contributed by atoms with Crippen LogP contribution in [0.3, 0.4) is 0 Å². The van der Waals surface area contributed by atoms with Crippen LogP contribution in [0.4, 0.5) is 0 Å². The van der Waals surface area contributed by atoms with Crippen molar-refractivity contribution in [2.45, 2.75) is 25.8 Å². The van der Waals surface area contributed by atoms with Crippen LogP contribution >= 0.6 is 0 Å². The molecule has 2 aliphatic rings. The van der Waals surface area contributed by atoms with Gasteiger partial charge >= 0.3 is 0 Å². The van der Waals surface area contributed by atoms with Gasteiger partial charge in [0, 0.05) is 36.4 Å². The lowest BCUT2D eigenvalue weighted by Gasteiger charge is -2.29. The Balaban J connectivity index is 1.80. The Labute approximate surface area is 210 Å². The smallest absolute Gasteiger partial charge is 0.258 e. The second-order valence-corrected chi connectivity index (χ2v) is 8.86. The molecule has 3 heterocycles. The van der Waals surface area contributed by atoms with E-state index in [1.165, 1.54) is 26.2 Å². The number of quaternary nitrogens is 1. The van der Waals surface area contributed by atoms with Crippen LogP contribution < -0.4 is 35.1 Å². The maximum Gasteiger partial charge on any atom is 0.258 e. The number of nitrogens with zero attached hydrogens (tertiary/aromatic N) is 2. The molecule has 0 saturated carbocycles. The summed E-state index contributed by atoms with van der Waals surface area (Å²) in [7, 11) is 4.57. The number of hydrogen-bond acceptors (Lipinski definition) is 8. The van der Waals surface area contributed by atoms with Crippen LogP contribution in [0.2, 0.25) is 0 Å². The summed E-state index contributed by atoms with van der Waals surface area (Å²) in [5.74, 6) is 0.849. The van der Waals surface area contributed by atoms with Gasteiger partial charge in [0.25, 0.3) is 5.56 Å². The van der Waals surface area contributed by atoms with Gasteiger partial charge in [-0.2, -0.15) is 5.26 Å². The fourth-order valence-corrected chi connectivity index (χ4v) is 4.95. The van der Waals surface area contributed by atoms with Crippen molar-refractivity contribution in [2.75, 3.05) is 54.2 Å². The van der Waals surface area contributed by atoms with E-state index in [2.05, 4.69) is 6.07 Å². The van der Waals surface area contributed by atoms with Crippen molar-refractivity contribution in [3.05, 3.63) is 56.8 Å². The SMILES string of the molecule is COc1cc(OC)c([C@@H]2C(C#N)=C(N)Oc3cc(C)n(CCC[NH+]4CCOCC4)c(=O)c32)cc1OC. The third-order valence-electron chi connectivity index (χ3n) is 6.85. The molecular formula is C26H33N4O6+. The van der Waals surface area contributed by atoms with Crippen molar-refractivity contribution in [2.24, 2.45) is 5.73 Å². The van der Waals surface area contributed by atoms with E-state index in [-0.39, 0.29) is 17.0 Å². The molecule has 3 N–H and O–H groups in total. The lowest BCUT2D eigenvalue weighted by Crippen LogP contribution is -3.14. The lowest BCUT2D eigenvalue weighted by molar-refractivity contribution is -0.908. The fraction of sp³-hybridized carbons (Fsp3) is 0.462. The van der Waals surface area contributed by atoms with Gasteiger partial charge in [0.05, 0.1) is 52.6 Å². The van der Waals surface area contributed by atoms with Gasteiger partial charge in [-0.1, -0.05) is 0 Å². The van der Waals surface area contributed by atoms with Crippen molar-refractivity contribution in [1.82, 2.24) is 4.57 Å². The molecular weight excluding hydrogens is 464 g/mol. The van der Waals surface area contributed by atoms with Crippen LogP contribution in [0.5, 0.6) is 23.0 Å². The zero-order valence-electron chi connectivity index (χ0n) is 21.2. The highest BCUT2D eigenvalue weighted by Gasteiger charge is 2.36. The van der Waals surface area contributed by atoms with Crippen LogP contribution in [0.15, 0.2) is 34.4 Å². The summed E-state index contributed by atoms with van der Waals surface area (Å²) in [6.07, 6.45) is 0.836. The first-order chi connectivity index (χ1) is 17.4. The number of allylic oxidation sites excluding steroid dienone is 1. The Morgan fingerprint density at radius 2 is 1.78 bits per heavy atom. The number of aromatic nitrogens is 1. The highest BCUT2D eigenvalue weighted by molar-refractivity contribution is 5.61. The molecule has 10 heteroatoms. The summed E-state index contributed by atoms with van der Waals surface area (Å²) in [5.41, 5.74) is 7.75. The van der Waals surface area contributed by atoms with Crippen molar-refractivity contribution in [3.8, 4) is 29.1 Å². The highest BCUT2D eigenvalue weighted by Crippen LogP contribution is 2.46. The molecule has 0 radical (unpaired) electrons. The van der Waals surface area contributed by atoms with Crippen molar-refractivity contribution >= 4 is 0 Å². The van der Waals surface area contributed by atoms with Gasteiger partial charge in [0.15, 0.2) is 11.5 Å². The first-order valence-electron chi connectivity index (χ1n) is 12.0. The zero-order chi connectivity index (χ0) is 25.8. The Morgan fingerprint density at radius 3 is 2.42 bits per heavy atom. The van der Waals surface area contributed by atoms with Crippen molar-refractivity contribution in [3.63, 3.8) is 0 Å². The summed E-state index contributed by atoms with van der Waals surface area (Å²) in [5, 5.41) is 10.0. The van der Waals surface area contributed by atoms with E-state index in [0.717, 1.165) is 45.0 Å². The minimum Gasteiger partial charge on any atom is -0.496 e. The van der Waals surface area contributed by atoms with Crippen LogP contribution in [0, 0.1) is 18.3 Å². The number of rotatable bonds is 8. The maximum atomic E-state index is 13.9. The van der Waals surface area contributed by atoms with E-state index in [9.17, 15) is 10.1 Å². The van der Waals surface area contributed by atoms with Crippen LogP contribution in [0.25, 0.3) is 0 Å². The number of methoxy groups -OCH3 is 3. The average molecular weight is 498 g/mol. The van der Waals surface area contributed by atoms with Gasteiger partial charge in [-0.05, 0) is 13.0 Å². The predicted octanol–water partition coefficient (Wildman–Crippen LogP) is 0.706. The minimum absolute atomic E-state index is 0.0423. The summed E-state index contributed by atoms with van der Waals surface area (Å²) < 4.78 is 29.5. The predicted molar refractivity (Wildman–Crippen MR) is 132 cm³/mol. The molecule has 192 valence electrons. The number of pyridine rings is 1. The number of benzene rings is 1. The second kappa shape index (κ2) is 10.9. The monoisotopic (exact) mass is 497 g/mol. The van der Waals surface area contributed by atoms with Crippen LogP contribution in [0.1, 0.15) is 29.2 Å². The molecule has 2 aromatic rings. The first kappa shape index (κ1) is 25.4. The van der Waals surface area contributed by atoms with Crippen molar-refractivity contribution in [1.29, 1.82) is 5.26 Å². The number of nitrogens with two attached hydrogens (primary N) is 1. The number of ether oxygens (including phenoxy) is 5.